The number of amides is 1. The van der Waals surface area contributed by atoms with E-state index in [9.17, 15) is 17.6 Å². The van der Waals surface area contributed by atoms with E-state index in [-0.39, 0.29) is 16.4 Å². The second-order valence-electron chi connectivity index (χ2n) is 6.19. The van der Waals surface area contributed by atoms with Crippen molar-refractivity contribution in [3.05, 3.63) is 59.5 Å². The van der Waals surface area contributed by atoms with E-state index < -0.39 is 21.5 Å². The van der Waals surface area contributed by atoms with Crippen molar-refractivity contribution in [2.75, 3.05) is 14.1 Å². The monoisotopic (exact) mass is 363 g/mol. The van der Waals surface area contributed by atoms with Crippen molar-refractivity contribution in [1.82, 2.24) is 14.6 Å². The van der Waals surface area contributed by atoms with Crippen molar-refractivity contribution in [2.24, 2.45) is 0 Å². The molecule has 1 N–H and O–H groups in total. The van der Waals surface area contributed by atoms with Crippen molar-refractivity contribution >= 4 is 15.9 Å². The Morgan fingerprint density at radius 2 is 1.88 bits per heavy atom. The van der Waals surface area contributed by atoms with Crippen LogP contribution >= 0.6 is 0 Å². The fourth-order valence-corrected chi connectivity index (χ4v) is 3.38. The third-order valence-electron chi connectivity index (χ3n) is 4.24. The number of pyridine rings is 1. The summed E-state index contributed by atoms with van der Waals surface area (Å²) >= 11 is 0. The summed E-state index contributed by atoms with van der Waals surface area (Å²) in [5, 5.41) is 2.71. The summed E-state index contributed by atoms with van der Waals surface area (Å²) in [6.07, 6.45) is 2.52. The van der Waals surface area contributed by atoms with E-state index in [0.29, 0.717) is 18.4 Å². The number of carbonyl (C=O) groups is 1. The molecule has 0 radical (unpaired) electrons. The maximum Gasteiger partial charge on any atom is 0.260 e. The summed E-state index contributed by atoms with van der Waals surface area (Å²) < 4.78 is 39.0. The average Bonchev–Trinajstić information content (AvgIpc) is 3.35. The van der Waals surface area contributed by atoms with Crippen LogP contribution in [0.1, 0.15) is 28.8 Å². The van der Waals surface area contributed by atoms with E-state index in [0.717, 1.165) is 4.31 Å². The van der Waals surface area contributed by atoms with Crippen LogP contribution in [0.3, 0.4) is 0 Å². The smallest absolute Gasteiger partial charge is 0.260 e. The van der Waals surface area contributed by atoms with Crippen LogP contribution in [-0.2, 0) is 15.6 Å². The maximum atomic E-state index is 14.0. The van der Waals surface area contributed by atoms with Gasteiger partial charge >= 0.3 is 0 Å². The number of hydrogen-bond acceptors (Lipinski definition) is 4. The van der Waals surface area contributed by atoms with Crippen LogP contribution in [0.5, 0.6) is 0 Å². The number of benzene rings is 1. The molecule has 0 saturated heterocycles. The Labute approximate surface area is 145 Å². The molecule has 0 bridgehead atoms. The first-order valence-electron chi connectivity index (χ1n) is 7.72. The van der Waals surface area contributed by atoms with Crippen LogP contribution in [-0.4, -0.2) is 37.7 Å². The molecule has 132 valence electrons. The average molecular weight is 363 g/mol. The van der Waals surface area contributed by atoms with Gasteiger partial charge in [-0.25, -0.2) is 22.1 Å². The van der Waals surface area contributed by atoms with Gasteiger partial charge in [-0.15, -0.1) is 0 Å². The molecule has 0 unspecified atom stereocenters. The number of nitrogens with one attached hydrogen (secondary N) is 1. The minimum Gasteiger partial charge on any atom is -0.342 e. The van der Waals surface area contributed by atoms with Gasteiger partial charge < -0.3 is 5.32 Å². The van der Waals surface area contributed by atoms with Crippen LogP contribution in [0.4, 0.5) is 4.39 Å². The topological polar surface area (TPSA) is 79.4 Å². The number of hydrogen-bond donors (Lipinski definition) is 1. The number of aromatic nitrogens is 1. The summed E-state index contributed by atoms with van der Waals surface area (Å²) in [5.74, 6) is -0.770. The van der Waals surface area contributed by atoms with Crippen LogP contribution in [0.2, 0.25) is 0 Å². The van der Waals surface area contributed by atoms with Gasteiger partial charge in [0.15, 0.2) is 5.03 Å². The van der Waals surface area contributed by atoms with Gasteiger partial charge in [0.2, 0.25) is 0 Å². The molecule has 25 heavy (non-hydrogen) atoms. The summed E-state index contributed by atoms with van der Waals surface area (Å²) in [7, 11) is -0.839. The van der Waals surface area contributed by atoms with Gasteiger partial charge in [0.25, 0.3) is 15.9 Å². The fourth-order valence-electron chi connectivity index (χ4n) is 2.58. The predicted molar refractivity (Wildman–Crippen MR) is 89.9 cm³/mol. The molecule has 1 aromatic heterocycles. The Hall–Kier alpha value is -2.32. The molecule has 1 aliphatic carbocycles. The van der Waals surface area contributed by atoms with Gasteiger partial charge in [-0.05, 0) is 31.0 Å². The van der Waals surface area contributed by atoms with Gasteiger partial charge in [-0.3, -0.25) is 4.79 Å². The van der Waals surface area contributed by atoms with Crippen molar-refractivity contribution in [3.63, 3.8) is 0 Å². The standard InChI is InChI=1S/C17H18FN3O3S/c1-21(2)25(23,24)15-8-7-12(11-19-15)16(22)20-17(9-10-17)13-5-3-4-6-14(13)18/h3-8,11H,9-10H2,1-2H3,(H,20,22). The zero-order valence-electron chi connectivity index (χ0n) is 13.9. The molecular formula is C17H18FN3O3S. The molecule has 2 aromatic rings. The molecule has 0 atom stereocenters. The molecule has 1 fully saturated rings. The van der Waals surface area contributed by atoms with Crippen LogP contribution < -0.4 is 5.32 Å². The predicted octanol–water partition coefficient (Wildman–Crippen LogP) is 1.89. The lowest BCUT2D eigenvalue weighted by Gasteiger charge is -2.18. The zero-order valence-corrected chi connectivity index (χ0v) is 14.7. The lowest BCUT2D eigenvalue weighted by atomic mass is 10.0. The third kappa shape index (κ3) is 3.27. The van der Waals surface area contributed by atoms with Gasteiger partial charge in [-0.1, -0.05) is 18.2 Å². The second-order valence-corrected chi connectivity index (χ2v) is 8.29. The molecule has 1 aromatic carbocycles. The first kappa shape index (κ1) is 17.5. The Morgan fingerprint density at radius 3 is 2.40 bits per heavy atom. The van der Waals surface area contributed by atoms with Crippen LogP contribution in [0.25, 0.3) is 0 Å². The number of halogens is 1. The van der Waals surface area contributed by atoms with E-state index in [2.05, 4.69) is 10.3 Å². The zero-order chi connectivity index (χ0) is 18.2. The normalized spacial score (nSPS) is 15.8. The van der Waals surface area contributed by atoms with Crippen molar-refractivity contribution in [1.29, 1.82) is 0 Å². The highest BCUT2D eigenvalue weighted by Gasteiger charge is 2.47. The molecular weight excluding hydrogens is 345 g/mol. The molecule has 1 saturated carbocycles. The first-order valence-corrected chi connectivity index (χ1v) is 9.16. The maximum absolute atomic E-state index is 14.0. The summed E-state index contributed by atoms with van der Waals surface area (Å²) in [6.45, 7) is 0. The largest absolute Gasteiger partial charge is 0.342 e. The number of carbonyl (C=O) groups excluding carboxylic acids is 1. The summed E-state index contributed by atoms with van der Waals surface area (Å²) in [4.78, 5) is 16.3. The van der Waals surface area contributed by atoms with E-state index in [1.54, 1.807) is 18.2 Å². The van der Waals surface area contributed by atoms with Crippen LogP contribution in [0.15, 0.2) is 47.6 Å². The Morgan fingerprint density at radius 1 is 1.20 bits per heavy atom. The van der Waals surface area contributed by atoms with Crippen molar-refractivity contribution < 1.29 is 17.6 Å². The van der Waals surface area contributed by atoms with E-state index in [1.807, 2.05) is 0 Å². The highest BCUT2D eigenvalue weighted by molar-refractivity contribution is 7.89. The Bertz CT molecular complexity index is 907. The summed E-state index contributed by atoms with van der Waals surface area (Å²) in [6, 6.07) is 9.04. The van der Waals surface area contributed by atoms with Gasteiger partial charge in [0, 0.05) is 25.9 Å². The summed E-state index contributed by atoms with van der Waals surface area (Å²) in [5.41, 5.74) is -0.0139. The van der Waals surface area contributed by atoms with Crippen molar-refractivity contribution in [3.8, 4) is 0 Å². The van der Waals surface area contributed by atoms with E-state index in [4.69, 9.17) is 0 Å². The third-order valence-corrected chi connectivity index (χ3v) is 5.97. The number of rotatable bonds is 5. The van der Waals surface area contributed by atoms with Gasteiger partial charge in [-0.2, -0.15) is 0 Å². The highest BCUT2D eigenvalue weighted by Crippen LogP contribution is 2.46. The Balaban J connectivity index is 1.80. The van der Waals surface area contributed by atoms with Crippen LogP contribution in [0, 0.1) is 5.82 Å². The van der Waals surface area contributed by atoms with E-state index in [1.165, 1.54) is 38.5 Å². The van der Waals surface area contributed by atoms with E-state index >= 15 is 0 Å². The quantitative estimate of drug-likeness (QED) is 0.880. The van der Waals surface area contributed by atoms with Crippen molar-refractivity contribution in [2.45, 2.75) is 23.4 Å². The lowest BCUT2D eigenvalue weighted by molar-refractivity contribution is 0.0929. The number of sulfonamides is 1. The molecule has 3 rings (SSSR count). The molecule has 6 nitrogen and oxygen atoms in total. The minimum absolute atomic E-state index is 0.135. The van der Waals surface area contributed by atoms with Gasteiger partial charge in [0.1, 0.15) is 5.82 Å². The second kappa shape index (κ2) is 6.20. The molecule has 1 amide bonds. The molecule has 0 aliphatic heterocycles. The fraction of sp³-hybridized carbons (Fsp3) is 0.294. The lowest BCUT2D eigenvalue weighted by Crippen LogP contribution is -2.35. The number of nitrogens with zero attached hydrogens (tertiary/aromatic N) is 2. The van der Waals surface area contributed by atoms with Gasteiger partial charge in [0.05, 0.1) is 11.1 Å². The molecule has 1 heterocycles. The minimum atomic E-state index is -3.65. The molecule has 8 heteroatoms. The molecule has 1 aliphatic rings. The Kier molecular flexibility index (Phi) is 4.34. The molecule has 0 spiro atoms. The SMILES string of the molecule is CN(C)S(=O)(=O)c1ccc(C(=O)NC2(c3ccccc3F)CC2)cn1. The first-order chi connectivity index (χ1) is 11.8. The highest BCUT2D eigenvalue weighted by atomic mass is 32.2.